The molecule has 1 fully saturated rings. The van der Waals surface area contributed by atoms with E-state index in [1.807, 2.05) is 24.7 Å². The molecule has 5 N–H and O–H groups in total. The Hall–Kier alpha value is -2.83. The van der Waals surface area contributed by atoms with E-state index in [9.17, 15) is 9.59 Å². The van der Waals surface area contributed by atoms with E-state index < -0.39 is 6.03 Å². The molecule has 0 saturated carbocycles. The predicted molar refractivity (Wildman–Crippen MR) is 114 cm³/mol. The highest BCUT2D eigenvalue weighted by Crippen LogP contribution is 2.27. The summed E-state index contributed by atoms with van der Waals surface area (Å²) in [4.78, 5) is 25.2. The highest BCUT2D eigenvalue weighted by molar-refractivity contribution is 7.15. The van der Waals surface area contributed by atoms with E-state index >= 15 is 0 Å². The zero-order valence-corrected chi connectivity index (χ0v) is 17.4. The third-order valence-electron chi connectivity index (χ3n) is 4.54. The van der Waals surface area contributed by atoms with E-state index in [1.54, 1.807) is 12.3 Å². The van der Waals surface area contributed by atoms with Crippen molar-refractivity contribution in [1.29, 1.82) is 0 Å². The Kier molecular flexibility index (Phi) is 6.90. The fourth-order valence-corrected chi connectivity index (χ4v) is 3.93. The third-order valence-corrected chi connectivity index (χ3v) is 5.59. The summed E-state index contributed by atoms with van der Waals surface area (Å²) >= 11 is 1.23. The average molecular weight is 415 g/mol. The van der Waals surface area contributed by atoms with Gasteiger partial charge in [0.1, 0.15) is 4.88 Å². The van der Waals surface area contributed by atoms with Crippen LogP contribution in [-0.2, 0) is 0 Å². The quantitative estimate of drug-likeness (QED) is 0.575. The van der Waals surface area contributed by atoms with Crippen LogP contribution in [0, 0.1) is 11.8 Å². The molecule has 2 aromatic rings. The molecular formula is C20H26N6O2S. The topological polar surface area (TPSA) is 114 Å². The van der Waals surface area contributed by atoms with Crippen LogP contribution in [0.4, 0.5) is 10.5 Å². The first-order valence-electron chi connectivity index (χ1n) is 9.70. The van der Waals surface area contributed by atoms with Gasteiger partial charge < -0.3 is 21.7 Å². The van der Waals surface area contributed by atoms with Gasteiger partial charge in [-0.15, -0.1) is 11.3 Å². The number of anilines is 1. The maximum Gasteiger partial charge on any atom is 0.316 e. The standard InChI is InChI=1S/C20H26N6O2S/c1-13(2)26-12-14(10-23-26)6-7-16-9-17(25-20(21)28)18(29-16)19(27)24-15-5-3-4-8-22-11-15/h9-10,12-13,15,22H,3-5,8,11H2,1-2H3,(H,24,27)(H3,21,25,28)/t15-/m0/s1. The van der Waals surface area contributed by atoms with Crippen LogP contribution in [0.2, 0.25) is 0 Å². The summed E-state index contributed by atoms with van der Waals surface area (Å²) in [7, 11) is 0. The Bertz CT molecular complexity index is 928. The van der Waals surface area contributed by atoms with Gasteiger partial charge in [-0.3, -0.25) is 9.48 Å². The predicted octanol–water partition coefficient (Wildman–Crippen LogP) is 2.29. The number of amides is 3. The zero-order chi connectivity index (χ0) is 20.8. The SMILES string of the molecule is CC(C)n1cc(C#Cc2cc(NC(N)=O)c(C(=O)N[C@H]3CCCCNC3)s2)cn1. The Morgan fingerprint density at radius 1 is 1.38 bits per heavy atom. The smallest absolute Gasteiger partial charge is 0.316 e. The zero-order valence-electron chi connectivity index (χ0n) is 16.6. The van der Waals surface area contributed by atoms with E-state index in [0.29, 0.717) is 15.4 Å². The molecule has 154 valence electrons. The van der Waals surface area contributed by atoms with E-state index in [-0.39, 0.29) is 18.0 Å². The minimum atomic E-state index is -0.717. The molecule has 3 rings (SSSR count). The lowest BCUT2D eigenvalue weighted by Gasteiger charge is -2.16. The average Bonchev–Trinajstić information content (AvgIpc) is 3.21. The van der Waals surface area contributed by atoms with Gasteiger partial charge in [-0.2, -0.15) is 5.10 Å². The lowest BCUT2D eigenvalue weighted by molar-refractivity contribution is 0.0940. The molecule has 3 amide bonds. The summed E-state index contributed by atoms with van der Waals surface area (Å²) in [5.41, 5.74) is 6.43. The maximum absolute atomic E-state index is 12.8. The van der Waals surface area contributed by atoms with Crippen LogP contribution in [0.5, 0.6) is 0 Å². The number of hydrogen-bond acceptors (Lipinski definition) is 5. The van der Waals surface area contributed by atoms with Gasteiger partial charge >= 0.3 is 6.03 Å². The van der Waals surface area contributed by atoms with Crippen molar-refractivity contribution in [3.63, 3.8) is 0 Å². The van der Waals surface area contributed by atoms with E-state index in [2.05, 4.69) is 32.9 Å². The Morgan fingerprint density at radius 3 is 2.93 bits per heavy atom. The fourth-order valence-electron chi connectivity index (χ4n) is 3.06. The van der Waals surface area contributed by atoms with Crippen molar-refractivity contribution < 1.29 is 9.59 Å². The highest BCUT2D eigenvalue weighted by atomic mass is 32.1. The van der Waals surface area contributed by atoms with E-state index in [0.717, 1.165) is 37.9 Å². The maximum atomic E-state index is 12.8. The summed E-state index contributed by atoms with van der Waals surface area (Å²) in [5.74, 6) is 5.87. The molecule has 3 heterocycles. The summed E-state index contributed by atoms with van der Waals surface area (Å²) in [6.07, 6.45) is 6.67. The van der Waals surface area contributed by atoms with Gasteiger partial charge in [-0.25, -0.2) is 4.79 Å². The molecule has 0 bridgehead atoms. The van der Waals surface area contributed by atoms with Gasteiger partial charge in [0.05, 0.1) is 22.3 Å². The molecule has 2 aromatic heterocycles. The first-order chi connectivity index (χ1) is 13.9. The summed E-state index contributed by atoms with van der Waals surface area (Å²) in [5, 5.41) is 13.2. The van der Waals surface area contributed by atoms with Gasteiger partial charge in [-0.05, 0) is 39.3 Å². The van der Waals surface area contributed by atoms with Crippen molar-refractivity contribution in [2.24, 2.45) is 5.73 Å². The summed E-state index contributed by atoms with van der Waals surface area (Å²) < 4.78 is 1.83. The number of urea groups is 1. The Morgan fingerprint density at radius 2 is 2.21 bits per heavy atom. The van der Waals surface area contributed by atoms with E-state index in [4.69, 9.17) is 5.73 Å². The molecule has 1 aliphatic heterocycles. The number of carbonyl (C=O) groups excluding carboxylic acids is 2. The molecule has 0 unspecified atom stereocenters. The number of carbonyl (C=O) groups is 2. The number of nitrogens with zero attached hydrogens (tertiary/aromatic N) is 2. The van der Waals surface area contributed by atoms with Gasteiger partial charge in [0.25, 0.3) is 5.91 Å². The normalized spacial score (nSPS) is 16.6. The fraction of sp³-hybridized carbons (Fsp3) is 0.450. The van der Waals surface area contributed by atoms with Crippen LogP contribution in [0.25, 0.3) is 0 Å². The molecule has 1 aliphatic rings. The number of nitrogens with one attached hydrogen (secondary N) is 3. The van der Waals surface area contributed by atoms with Crippen LogP contribution in [0.3, 0.4) is 0 Å². The number of rotatable bonds is 4. The molecule has 0 spiro atoms. The van der Waals surface area contributed by atoms with Crippen molar-refractivity contribution in [3.8, 4) is 11.8 Å². The van der Waals surface area contributed by atoms with Crippen molar-refractivity contribution in [2.75, 3.05) is 18.4 Å². The number of aromatic nitrogens is 2. The molecule has 0 aliphatic carbocycles. The highest BCUT2D eigenvalue weighted by Gasteiger charge is 2.21. The van der Waals surface area contributed by atoms with Crippen LogP contribution in [0.1, 0.15) is 59.3 Å². The summed E-state index contributed by atoms with van der Waals surface area (Å²) in [6, 6.07) is 1.28. The second kappa shape index (κ2) is 9.58. The lowest BCUT2D eigenvalue weighted by atomic mass is 10.1. The van der Waals surface area contributed by atoms with Gasteiger partial charge in [0.2, 0.25) is 0 Å². The molecule has 1 atom stereocenters. The minimum absolute atomic E-state index is 0.0601. The first kappa shape index (κ1) is 20.9. The number of nitrogens with two attached hydrogens (primary N) is 1. The first-order valence-corrected chi connectivity index (χ1v) is 10.5. The van der Waals surface area contributed by atoms with E-state index in [1.165, 1.54) is 11.3 Å². The molecular weight excluding hydrogens is 388 g/mol. The number of primary amides is 1. The van der Waals surface area contributed by atoms with Gasteiger partial charge in [0.15, 0.2) is 0 Å². The molecule has 8 nitrogen and oxygen atoms in total. The molecule has 29 heavy (non-hydrogen) atoms. The van der Waals surface area contributed by atoms with Crippen LogP contribution in [0.15, 0.2) is 18.5 Å². The van der Waals surface area contributed by atoms with Crippen molar-refractivity contribution in [2.45, 2.75) is 45.2 Å². The molecule has 0 aromatic carbocycles. The second-order valence-electron chi connectivity index (χ2n) is 7.27. The summed E-state index contributed by atoms with van der Waals surface area (Å²) in [6.45, 7) is 5.79. The van der Waals surface area contributed by atoms with Crippen molar-refractivity contribution >= 4 is 29.0 Å². The van der Waals surface area contributed by atoms with Gasteiger partial charge in [0, 0.05) is 24.8 Å². The van der Waals surface area contributed by atoms with Crippen LogP contribution in [-0.4, -0.2) is 40.9 Å². The minimum Gasteiger partial charge on any atom is -0.351 e. The molecule has 1 saturated heterocycles. The largest absolute Gasteiger partial charge is 0.351 e. The number of hydrogen-bond donors (Lipinski definition) is 4. The third kappa shape index (κ3) is 5.82. The lowest BCUT2D eigenvalue weighted by Crippen LogP contribution is -2.40. The second-order valence-corrected chi connectivity index (χ2v) is 8.32. The monoisotopic (exact) mass is 414 g/mol. The Balaban J connectivity index is 1.79. The van der Waals surface area contributed by atoms with Crippen molar-refractivity contribution in [3.05, 3.63) is 33.8 Å². The van der Waals surface area contributed by atoms with Crippen LogP contribution < -0.4 is 21.7 Å². The molecule has 0 radical (unpaired) electrons. The molecule has 9 heteroatoms. The van der Waals surface area contributed by atoms with Crippen molar-refractivity contribution in [1.82, 2.24) is 20.4 Å². The van der Waals surface area contributed by atoms with Crippen LogP contribution >= 0.6 is 11.3 Å². The Labute approximate surface area is 174 Å². The van der Waals surface area contributed by atoms with Gasteiger partial charge in [-0.1, -0.05) is 18.3 Å². The number of thiophene rings is 1.